The van der Waals surface area contributed by atoms with Gasteiger partial charge >= 0.3 is 0 Å². The summed E-state index contributed by atoms with van der Waals surface area (Å²) in [5.41, 5.74) is 0.406. The van der Waals surface area contributed by atoms with Gasteiger partial charge in [-0.25, -0.2) is 0 Å². The van der Waals surface area contributed by atoms with Crippen molar-refractivity contribution in [1.82, 2.24) is 19.7 Å². The van der Waals surface area contributed by atoms with Gasteiger partial charge in [0.2, 0.25) is 11.8 Å². The van der Waals surface area contributed by atoms with Gasteiger partial charge in [0.1, 0.15) is 0 Å². The Morgan fingerprint density at radius 1 is 1.08 bits per heavy atom. The number of nitrogens with zero attached hydrogens (tertiary/aromatic N) is 5. The highest BCUT2D eigenvalue weighted by molar-refractivity contribution is 5.91. The molecule has 1 saturated carbocycles. The highest BCUT2D eigenvalue weighted by atomic mass is 16.2. The van der Waals surface area contributed by atoms with Gasteiger partial charge in [0.25, 0.3) is 5.91 Å². The first-order chi connectivity index (χ1) is 12.0. The lowest BCUT2D eigenvalue weighted by Gasteiger charge is -2.37. The van der Waals surface area contributed by atoms with E-state index in [1.807, 2.05) is 4.90 Å². The van der Waals surface area contributed by atoms with Crippen LogP contribution in [0.4, 0.5) is 5.95 Å². The maximum absolute atomic E-state index is 12.9. The molecule has 138 valence electrons. The number of carbonyl (C=O) groups excluding carboxylic acids is 1. The summed E-state index contributed by atoms with van der Waals surface area (Å²) >= 11 is 0. The average molecular weight is 345 g/mol. The van der Waals surface area contributed by atoms with Crippen LogP contribution in [0.5, 0.6) is 0 Å². The molecule has 0 bridgehead atoms. The first kappa shape index (κ1) is 16.9. The molecule has 6 heteroatoms. The minimum absolute atomic E-state index is 0.0735. The van der Waals surface area contributed by atoms with E-state index in [2.05, 4.69) is 33.5 Å². The van der Waals surface area contributed by atoms with Crippen molar-refractivity contribution in [3.05, 3.63) is 5.82 Å². The molecule has 6 nitrogen and oxygen atoms in total. The number of aromatic nitrogens is 3. The number of hydrogen-bond acceptors (Lipinski definition) is 4. The molecule has 0 unspecified atom stereocenters. The number of carbonyl (C=O) groups is 1. The zero-order valence-corrected chi connectivity index (χ0v) is 15.7. The molecule has 1 amide bonds. The van der Waals surface area contributed by atoms with E-state index in [-0.39, 0.29) is 5.91 Å². The molecule has 1 aromatic rings. The Kier molecular flexibility index (Phi) is 4.46. The summed E-state index contributed by atoms with van der Waals surface area (Å²) in [6.45, 7) is 9.29. The highest BCUT2D eigenvalue weighted by Gasteiger charge is 2.32. The Morgan fingerprint density at radius 2 is 1.76 bits per heavy atom. The monoisotopic (exact) mass is 345 g/mol. The molecule has 4 rings (SSSR count). The molecule has 0 N–H and O–H groups in total. The fourth-order valence-corrected chi connectivity index (χ4v) is 3.98. The summed E-state index contributed by atoms with van der Waals surface area (Å²) in [6.07, 6.45) is 8.36. The van der Waals surface area contributed by atoms with Crippen LogP contribution in [0, 0.1) is 11.3 Å². The maximum atomic E-state index is 12.9. The van der Waals surface area contributed by atoms with E-state index in [0.717, 1.165) is 76.7 Å². The SMILES string of the molecule is CC1(C)CCN(c2nnc(C(=O)N3CCCC3)n2CCC2CC2)CC1. The van der Waals surface area contributed by atoms with Crippen LogP contribution in [0.1, 0.15) is 69.4 Å². The van der Waals surface area contributed by atoms with E-state index in [9.17, 15) is 4.79 Å². The van der Waals surface area contributed by atoms with Crippen molar-refractivity contribution in [3.63, 3.8) is 0 Å². The maximum Gasteiger partial charge on any atom is 0.291 e. The summed E-state index contributed by atoms with van der Waals surface area (Å²) in [5.74, 6) is 2.38. The molecule has 25 heavy (non-hydrogen) atoms. The number of amides is 1. The van der Waals surface area contributed by atoms with Gasteiger partial charge in [-0.1, -0.05) is 26.7 Å². The summed E-state index contributed by atoms with van der Waals surface area (Å²) < 4.78 is 2.12. The van der Waals surface area contributed by atoms with Crippen LogP contribution in [0.15, 0.2) is 0 Å². The number of hydrogen-bond donors (Lipinski definition) is 0. The van der Waals surface area contributed by atoms with Crippen LogP contribution in [0.2, 0.25) is 0 Å². The molecule has 0 aromatic carbocycles. The second-order valence-corrected chi connectivity index (χ2v) is 8.86. The quantitative estimate of drug-likeness (QED) is 0.823. The first-order valence-electron chi connectivity index (χ1n) is 10.0. The molecule has 3 heterocycles. The smallest absolute Gasteiger partial charge is 0.291 e. The lowest BCUT2D eigenvalue weighted by molar-refractivity contribution is 0.0775. The summed E-state index contributed by atoms with van der Waals surface area (Å²) in [5, 5.41) is 8.82. The molecule has 3 aliphatic rings. The van der Waals surface area contributed by atoms with Gasteiger partial charge in [0.15, 0.2) is 0 Å². The van der Waals surface area contributed by atoms with Gasteiger partial charge in [0.05, 0.1) is 0 Å². The fourth-order valence-electron chi connectivity index (χ4n) is 3.98. The van der Waals surface area contributed by atoms with Crippen molar-refractivity contribution < 1.29 is 4.79 Å². The zero-order valence-electron chi connectivity index (χ0n) is 15.7. The molecule has 3 fully saturated rings. The third-order valence-corrected chi connectivity index (χ3v) is 6.17. The lowest BCUT2D eigenvalue weighted by Crippen LogP contribution is -2.39. The Hall–Kier alpha value is -1.59. The summed E-state index contributed by atoms with van der Waals surface area (Å²) in [7, 11) is 0. The zero-order chi connectivity index (χ0) is 17.4. The Balaban J connectivity index is 1.56. The predicted octanol–water partition coefficient (Wildman–Crippen LogP) is 2.94. The van der Waals surface area contributed by atoms with Crippen molar-refractivity contribution >= 4 is 11.9 Å². The van der Waals surface area contributed by atoms with Crippen LogP contribution in [0.3, 0.4) is 0 Å². The van der Waals surface area contributed by atoms with E-state index in [4.69, 9.17) is 0 Å². The number of rotatable bonds is 5. The van der Waals surface area contributed by atoms with Crippen LogP contribution < -0.4 is 4.90 Å². The van der Waals surface area contributed by atoms with Crippen LogP contribution >= 0.6 is 0 Å². The fraction of sp³-hybridized carbons (Fsp3) is 0.842. The number of piperidine rings is 1. The van der Waals surface area contributed by atoms with Crippen molar-refractivity contribution in [2.45, 2.75) is 65.3 Å². The Bertz CT molecular complexity index is 618. The van der Waals surface area contributed by atoms with Crippen molar-refractivity contribution in [1.29, 1.82) is 0 Å². The van der Waals surface area contributed by atoms with Gasteiger partial charge in [-0.15, -0.1) is 10.2 Å². The molecule has 0 radical (unpaired) electrons. The van der Waals surface area contributed by atoms with Gasteiger partial charge in [0, 0.05) is 32.7 Å². The van der Waals surface area contributed by atoms with Crippen molar-refractivity contribution in [2.24, 2.45) is 11.3 Å². The first-order valence-corrected chi connectivity index (χ1v) is 10.0. The van der Waals surface area contributed by atoms with Crippen molar-refractivity contribution in [2.75, 3.05) is 31.1 Å². The number of anilines is 1. The van der Waals surface area contributed by atoms with E-state index in [1.165, 1.54) is 12.8 Å². The largest absolute Gasteiger partial charge is 0.341 e. The van der Waals surface area contributed by atoms with E-state index in [0.29, 0.717) is 11.2 Å². The molecule has 0 spiro atoms. The average Bonchev–Trinajstić information content (AvgIpc) is 3.10. The van der Waals surface area contributed by atoms with Crippen LogP contribution in [-0.4, -0.2) is 51.8 Å². The van der Waals surface area contributed by atoms with E-state index >= 15 is 0 Å². The van der Waals surface area contributed by atoms with Gasteiger partial charge in [-0.2, -0.15) is 0 Å². The van der Waals surface area contributed by atoms with Crippen molar-refractivity contribution in [3.8, 4) is 0 Å². The van der Waals surface area contributed by atoms with Gasteiger partial charge < -0.3 is 9.80 Å². The number of likely N-dealkylation sites (tertiary alicyclic amines) is 1. The Labute approximate surface area is 150 Å². The normalized spacial score (nSPS) is 23.3. The minimum atomic E-state index is 0.0735. The topological polar surface area (TPSA) is 54.3 Å². The summed E-state index contributed by atoms with van der Waals surface area (Å²) in [4.78, 5) is 17.2. The van der Waals surface area contributed by atoms with E-state index < -0.39 is 0 Å². The third kappa shape index (κ3) is 3.67. The second kappa shape index (κ2) is 6.61. The molecule has 1 aliphatic carbocycles. The molecular formula is C19H31N5O. The van der Waals surface area contributed by atoms with E-state index in [1.54, 1.807) is 0 Å². The minimum Gasteiger partial charge on any atom is -0.341 e. The lowest BCUT2D eigenvalue weighted by atomic mass is 9.83. The molecule has 2 saturated heterocycles. The third-order valence-electron chi connectivity index (χ3n) is 6.17. The second-order valence-electron chi connectivity index (χ2n) is 8.86. The van der Waals surface area contributed by atoms with Gasteiger partial charge in [-0.3, -0.25) is 9.36 Å². The Morgan fingerprint density at radius 3 is 2.40 bits per heavy atom. The molecule has 1 aromatic heterocycles. The molecule has 2 aliphatic heterocycles. The highest BCUT2D eigenvalue weighted by Crippen LogP contribution is 2.35. The molecular weight excluding hydrogens is 314 g/mol. The standard InChI is InChI=1S/C19H31N5O/c1-19(2)8-13-23(14-9-19)18-21-20-16(17(25)22-10-3-4-11-22)24(18)12-7-15-5-6-15/h15H,3-14H2,1-2H3. The summed E-state index contributed by atoms with van der Waals surface area (Å²) in [6, 6.07) is 0. The molecule has 0 atom stereocenters. The predicted molar refractivity (Wildman–Crippen MR) is 97.7 cm³/mol. The van der Waals surface area contributed by atoms with Gasteiger partial charge in [-0.05, 0) is 43.4 Å². The van der Waals surface area contributed by atoms with Crippen LogP contribution in [0.25, 0.3) is 0 Å². The van der Waals surface area contributed by atoms with Crippen LogP contribution in [-0.2, 0) is 6.54 Å².